The average Bonchev–Trinajstić information content (AvgIpc) is 2.78. The van der Waals surface area contributed by atoms with Crippen molar-refractivity contribution in [3.63, 3.8) is 0 Å². The van der Waals surface area contributed by atoms with E-state index in [4.69, 9.17) is 5.84 Å². The highest BCUT2D eigenvalue weighted by Gasteiger charge is 2.18. The number of carbonyl (C=O) groups is 1. The van der Waals surface area contributed by atoms with Gasteiger partial charge in [0.1, 0.15) is 5.82 Å². The topological polar surface area (TPSA) is 85.8 Å². The van der Waals surface area contributed by atoms with Crippen LogP contribution in [-0.2, 0) is 11.3 Å². The molecule has 1 unspecified atom stereocenters. The molecule has 0 bridgehead atoms. The Balaban J connectivity index is 1.88. The molecule has 1 aromatic heterocycles. The van der Waals surface area contributed by atoms with Crippen molar-refractivity contribution < 1.29 is 4.79 Å². The first-order chi connectivity index (χ1) is 9.58. The van der Waals surface area contributed by atoms with E-state index in [2.05, 4.69) is 15.5 Å². The van der Waals surface area contributed by atoms with E-state index in [-0.39, 0.29) is 11.2 Å². The fraction of sp³-hybridized carbons (Fsp3) is 0.308. The van der Waals surface area contributed by atoms with Crippen molar-refractivity contribution in [2.24, 2.45) is 0 Å². The molecule has 0 saturated carbocycles. The maximum atomic E-state index is 12.0. The number of nitrogens with two attached hydrogens (primary N) is 1. The Bertz CT molecular complexity index is 584. The first kappa shape index (κ1) is 14.4. The quantitative estimate of drug-likeness (QED) is 0.636. The molecule has 0 aliphatic carbocycles. The van der Waals surface area contributed by atoms with Crippen LogP contribution in [0.3, 0.4) is 0 Å². The minimum absolute atomic E-state index is 0.0560. The molecule has 106 valence electrons. The summed E-state index contributed by atoms with van der Waals surface area (Å²) in [6, 6.07) is 9.77. The van der Waals surface area contributed by atoms with Gasteiger partial charge in [0.25, 0.3) is 0 Å². The molecule has 1 atom stereocenters. The first-order valence-electron chi connectivity index (χ1n) is 6.23. The molecular weight excluding hydrogens is 274 g/mol. The number of hydrogen-bond donors (Lipinski definition) is 2. The van der Waals surface area contributed by atoms with Crippen LogP contribution in [0.15, 0.2) is 35.5 Å². The zero-order chi connectivity index (χ0) is 14.5. The second kappa shape index (κ2) is 6.42. The maximum absolute atomic E-state index is 12.0. The lowest BCUT2D eigenvalue weighted by Crippen LogP contribution is -2.30. The van der Waals surface area contributed by atoms with Gasteiger partial charge in [0.15, 0.2) is 0 Å². The number of thioether (sulfide) groups is 1. The van der Waals surface area contributed by atoms with Gasteiger partial charge in [0.2, 0.25) is 11.1 Å². The Morgan fingerprint density at radius 2 is 2.10 bits per heavy atom. The Morgan fingerprint density at radius 3 is 2.70 bits per heavy atom. The number of nitrogens with one attached hydrogen (secondary N) is 1. The van der Waals surface area contributed by atoms with Crippen LogP contribution in [0.4, 0.5) is 0 Å². The lowest BCUT2D eigenvalue weighted by molar-refractivity contribution is -0.120. The zero-order valence-corrected chi connectivity index (χ0v) is 12.2. The van der Waals surface area contributed by atoms with Crippen molar-refractivity contribution in [3.8, 4) is 0 Å². The predicted molar refractivity (Wildman–Crippen MR) is 78.5 cm³/mol. The summed E-state index contributed by atoms with van der Waals surface area (Å²) in [6.45, 7) is 4.09. The monoisotopic (exact) mass is 291 g/mol. The van der Waals surface area contributed by atoms with E-state index in [0.29, 0.717) is 17.5 Å². The molecule has 6 nitrogen and oxygen atoms in total. The van der Waals surface area contributed by atoms with E-state index < -0.39 is 0 Å². The van der Waals surface area contributed by atoms with E-state index in [1.807, 2.05) is 37.3 Å². The van der Waals surface area contributed by atoms with Gasteiger partial charge in [-0.25, -0.2) is 4.68 Å². The highest BCUT2D eigenvalue weighted by molar-refractivity contribution is 8.00. The van der Waals surface area contributed by atoms with Crippen LogP contribution in [0.5, 0.6) is 0 Å². The molecule has 1 aromatic carbocycles. The van der Waals surface area contributed by atoms with Crippen molar-refractivity contribution in [2.75, 3.05) is 5.84 Å². The van der Waals surface area contributed by atoms with E-state index in [1.165, 1.54) is 16.4 Å². The Labute approximate surface area is 121 Å². The van der Waals surface area contributed by atoms with Crippen molar-refractivity contribution in [2.45, 2.75) is 30.8 Å². The SMILES string of the molecule is Cc1nnc(SC(C)C(=O)NCc2ccccc2)n1N. The molecule has 20 heavy (non-hydrogen) atoms. The summed E-state index contributed by atoms with van der Waals surface area (Å²) < 4.78 is 1.38. The standard InChI is InChI=1S/C13H17N5OS/c1-9(20-13-17-16-10(2)18(13)14)12(19)15-8-11-6-4-3-5-7-11/h3-7,9H,8,14H2,1-2H3,(H,15,19). The summed E-state index contributed by atoms with van der Waals surface area (Å²) in [7, 11) is 0. The maximum Gasteiger partial charge on any atom is 0.233 e. The number of nitrogens with zero attached hydrogens (tertiary/aromatic N) is 3. The minimum Gasteiger partial charge on any atom is -0.351 e. The number of carbonyl (C=O) groups excluding carboxylic acids is 1. The number of benzene rings is 1. The van der Waals surface area contributed by atoms with Gasteiger partial charge in [-0.15, -0.1) is 10.2 Å². The second-order valence-corrected chi connectivity index (χ2v) is 5.67. The molecule has 0 aliphatic rings. The number of amides is 1. The van der Waals surface area contributed by atoms with Crippen LogP contribution >= 0.6 is 11.8 Å². The van der Waals surface area contributed by atoms with Gasteiger partial charge in [0, 0.05) is 6.54 Å². The van der Waals surface area contributed by atoms with Crippen molar-refractivity contribution in [1.29, 1.82) is 0 Å². The Hall–Kier alpha value is -2.02. The molecule has 2 aromatic rings. The van der Waals surface area contributed by atoms with E-state index in [0.717, 1.165) is 5.56 Å². The fourth-order valence-corrected chi connectivity index (χ4v) is 2.41. The summed E-state index contributed by atoms with van der Waals surface area (Å²) in [4.78, 5) is 12.0. The third-order valence-corrected chi connectivity index (χ3v) is 3.85. The molecule has 0 saturated heterocycles. The molecular formula is C13H17N5OS. The summed E-state index contributed by atoms with van der Waals surface area (Å²) in [5.74, 6) is 6.31. The zero-order valence-electron chi connectivity index (χ0n) is 11.4. The predicted octanol–water partition coefficient (Wildman–Crippen LogP) is 1.10. The van der Waals surface area contributed by atoms with Crippen LogP contribution in [0.2, 0.25) is 0 Å². The third kappa shape index (κ3) is 3.51. The van der Waals surface area contributed by atoms with Crippen LogP contribution in [0, 0.1) is 6.92 Å². The number of rotatable bonds is 5. The van der Waals surface area contributed by atoms with Crippen LogP contribution in [0.25, 0.3) is 0 Å². The third-order valence-electron chi connectivity index (χ3n) is 2.80. The van der Waals surface area contributed by atoms with Gasteiger partial charge in [-0.3, -0.25) is 4.79 Å². The molecule has 7 heteroatoms. The Morgan fingerprint density at radius 1 is 1.40 bits per heavy atom. The van der Waals surface area contributed by atoms with Gasteiger partial charge in [-0.1, -0.05) is 42.1 Å². The van der Waals surface area contributed by atoms with E-state index in [1.54, 1.807) is 6.92 Å². The molecule has 1 amide bonds. The molecule has 2 rings (SSSR count). The minimum atomic E-state index is -0.287. The highest BCUT2D eigenvalue weighted by Crippen LogP contribution is 2.20. The molecule has 0 radical (unpaired) electrons. The smallest absolute Gasteiger partial charge is 0.233 e. The molecule has 0 fully saturated rings. The summed E-state index contributed by atoms with van der Waals surface area (Å²) >= 11 is 1.29. The van der Waals surface area contributed by atoms with Crippen molar-refractivity contribution >= 4 is 17.7 Å². The van der Waals surface area contributed by atoms with Gasteiger partial charge >= 0.3 is 0 Å². The molecule has 0 spiro atoms. The summed E-state index contributed by atoms with van der Waals surface area (Å²) in [5, 5.41) is 10.9. The van der Waals surface area contributed by atoms with Crippen molar-refractivity contribution in [1.82, 2.24) is 20.2 Å². The summed E-state index contributed by atoms with van der Waals surface area (Å²) in [5.41, 5.74) is 1.07. The van der Waals surface area contributed by atoms with Gasteiger partial charge in [-0.2, -0.15) is 0 Å². The average molecular weight is 291 g/mol. The van der Waals surface area contributed by atoms with Gasteiger partial charge < -0.3 is 11.2 Å². The van der Waals surface area contributed by atoms with Crippen LogP contribution in [-0.4, -0.2) is 26.0 Å². The fourth-order valence-electron chi connectivity index (χ4n) is 1.57. The number of aromatic nitrogens is 3. The lowest BCUT2D eigenvalue weighted by atomic mass is 10.2. The first-order valence-corrected chi connectivity index (χ1v) is 7.11. The highest BCUT2D eigenvalue weighted by atomic mass is 32.2. The van der Waals surface area contributed by atoms with E-state index >= 15 is 0 Å². The van der Waals surface area contributed by atoms with Crippen LogP contribution in [0.1, 0.15) is 18.3 Å². The molecule has 1 heterocycles. The number of hydrogen-bond acceptors (Lipinski definition) is 5. The van der Waals surface area contributed by atoms with Gasteiger partial charge in [0.05, 0.1) is 5.25 Å². The lowest BCUT2D eigenvalue weighted by Gasteiger charge is -2.11. The molecule has 3 N–H and O–H groups in total. The van der Waals surface area contributed by atoms with Crippen LogP contribution < -0.4 is 11.2 Å². The van der Waals surface area contributed by atoms with E-state index in [9.17, 15) is 4.79 Å². The summed E-state index contributed by atoms with van der Waals surface area (Å²) in [6.07, 6.45) is 0. The van der Waals surface area contributed by atoms with Crippen molar-refractivity contribution in [3.05, 3.63) is 41.7 Å². The normalized spacial score (nSPS) is 12.1. The Kier molecular flexibility index (Phi) is 4.62. The number of aryl methyl sites for hydroxylation is 1. The molecule has 0 aliphatic heterocycles. The second-order valence-electron chi connectivity index (χ2n) is 4.36. The van der Waals surface area contributed by atoms with Gasteiger partial charge in [-0.05, 0) is 19.4 Å². The number of nitrogen functional groups attached to an aromatic ring is 1. The largest absolute Gasteiger partial charge is 0.351 e.